The van der Waals surface area contributed by atoms with Crippen molar-refractivity contribution in [1.29, 1.82) is 0 Å². The second-order valence-corrected chi connectivity index (χ2v) is 5.73. The zero-order valence-corrected chi connectivity index (χ0v) is 14.6. The summed E-state index contributed by atoms with van der Waals surface area (Å²) in [6, 6.07) is 18.2. The number of nitrogens with zero attached hydrogens (tertiary/aromatic N) is 2. The van der Waals surface area contributed by atoms with Crippen LogP contribution in [-0.4, -0.2) is 17.7 Å². The van der Waals surface area contributed by atoms with Crippen molar-refractivity contribution in [2.75, 3.05) is 6.54 Å². The first-order valence-electron chi connectivity index (χ1n) is 8.52. The van der Waals surface area contributed by atoms with Crippen molar-refractivity contribution in [3.8, 4) is 11.3 Å². The van der Waals surface area contributed by atoms with Gasteiger partial charge in [-0.1, -0.05) is 47.6 Å². The fourth-order valence-corrected chi connectivity index (χ4v) is 2.46. The monoisotopic (exact) mass is 352 g/mol. The standard InChI is InChI=1S/C20H21FN4O/c1-2-22-20(23-13-15-7-6-10-17(21)11-15)24-14-18-12-19(26-25-18)16-8-4-3-5-9-16/h3-12H,2,13-14H2,1H3,(H2,22,23,24). The van der Waals surface area contributed by atoms with Gasteiger partial charge in [-0.05, 0) is 24.6 Å². The number of nitrogens with one attached hydrogen (secondary N) is 2. The molecule has 26 heavy (non-hydrogen) atoms. The summed E-state index contributed by atoms with van der Waals surface area (Å²) in [5, 5.41) is 10.5. The third-order valence-electron chi connectivity index (χ3n) is 3.71. The van der Waals surface area contributed by atoms with Crippen LogP contribution < -0.4 is 10.6 Å². The van der Waals surface area contributed by atoms with E-state index < -0.39 is 0 Å². The molecule has 0 bridgehead atoms. The van der Waals surface area contributed by atoms with Crippen LogP contribution in [0.5, 0.6) is 0 Å². The molecule has 0 fully saturated rings. The first-order valence-corrected chi connectivity index (χ1v) is 8.52. The molecule has 3 aromatic rings. The van der Waals surface area contributed by atoms with Gasteiger partial charge in [-0.25, -0.2) is 9.38 Å². The highest BCUT2D eigenvalue weighted by atomic mass is 19.1. The molecule has 1 heterocycles. The van der Waals surface area contributed by atoms with Crippen molar-refractivity contribution in [2.24, 2.45) is 4.99 Å². The lowest BCUT2D eigenvalue weighted by atomic mass is 10.2. The zero-order chi connectivity index (χ0) is 18.2. The molecule has 5 nitrogen and oxygen atoms in total. The van der Waals surface area contributed by atoms with Crippen LogP contribution in [0.25, 0.3) is 11.3 Å². The molecule has 0 saturated carbocycles. The minimum atomic E-state index is -0.258. The second-order valence-electron chi connectivity index (χ2n) is 5.73. The van der Waals surface area contributed by atoms with Gasteiger partial charge in [0.05, 0.1) is 13.1 Å². The van der Waals surface area contributed by atoms with Crippen molar-refractivity contribution in [3.63, 3.8) is 0 Å². The van der Waals surface area contributed by atoms with Crippen LogP contribution in [0.15, 0.2) is 70.2 Å². The summed E-state index contributed by atoms with van der Waals surface area (Å²) in [7, 11) is 0. The predicted octanol–water partition coefficient (Wildman–Crippen LogP) is 3.74. The van der Waals surface area contributed by atoms with Gasteiger partial charge in [0.1, 0.15) is 11.5 Å². The number of guanidine groups is 1. The first-order chi connectivity index (χ1) is 12.7. The third kappa shape index (κ3) is 4.92. The van der Waals surface area contributed by atoms with E-state index in [4.69, 9.17) is 4.52 Å². The van der Waals surface area contributed by atoms with Crippen molar-refractivity contribution in [2.45, 2.75) is 20.0 Å². The van der Waals surface area contributed by atoms with Gasteiger partial charge in [0.15, 0.2) is 11.7 Å². The summed E-state index contributed by atoms with van der Waals surface area (Å²) in [5.74, 6) is 1.11. The van der Waals surface area contributed by atoms with Gasteiger partial charge in [-0.15, -0.1) is 0 Å². The van der Waals surface area contributed by atoms with E-state index in [1.54, 1.807) is 6.07 Å². The molecule has 2 N–H and O–H groups in total. The van der Waals surface area contributed by atoms with E-state index in [9.17, 15) is 4.39 Å². The van der Waals surface area contributed by atoms with E-state index in [-0.39, 0.29) is 5.82 Å². The Morgan fingerprint density at radius 3 is 2.69 bits per heavy atom. The van der Waals surface area contributed by atoms with Gasteiger partial charge < -0.3 is 15.2 Å². The number of hydrogen-bond acceptors (Lipinski definition) is 3. The van der Waals surface area contributed by atoms with Crippen LogP contribution in [0, 0.1) is 5.82 Å². The third-order valence-corrected chi connectivity index (χ3v) is 3.71. The van der Waals surface area contributed by atoms with Gasteiger partial charge >= 0.3 is 0 Å². The molecule has 0 radical (unpaired) electrons. The largest absolute Gasteiger partial charge is 0.357 e. The maximum atomic E-state index is 13.3. The lowest BCUT2D eigenvalue weighted by Gasteiger charge is -2.09. The lowest BCUT2D eigenvalue weighted by Crippen LogP contribution is -2.36. The van der Waals surface area contributed by atoms with Crippen molar-refractivity contribution in [3.05, 3.63) is 77.7 Å². The van der Waals surface area contributed by atoms with E-state index >= 15 is 0 Å². The minimum Gasteiger partial charge on any atom is -0.357 e. The van der Waals surface area contributed by atoms with Crippen LogP contribution in [0.1, 0.15) is 18.2 Å². The molecular weight excluding hydrogens is 331 g/mol. The number of halogens is 1. The Morgan fingerprint density at radius 2 is 1.92 bits per heavy atom. The topological polar surface area (TPSA) is 62.5 Å². The molecule has 0 aliphatic carbocycles. The molecular formula is C20H21FN4O. The van der Waals surface area contributed by atoms with E-state index in [1.807, 2.05) is 49.4 Å². The SMILES string of the molecule is CCNC(=NCc1cccc(F)c1)NCc1cc(-c2ccccc2)on1. The summed E-state index contributed by atoms with van der Waals surface area (Å²) in [6.45, 7) is 3.58. The Balaban J connectivity index is 1.62. The van der Waals surface area contributed by atoms with Crippen molar-refractivity contribution < 1.29 is 8.91 Å². The Kier molecular flexibility index (Phi) is 5.98. The summed E-state index contributed by atoms with van der Waals surface area (Å²) >= 11 is 0. The normalized spacial score (nSPS) is 11.4. The van der Waals surface area contributed by atoms with Gasteiger partial charge in [0.25, 0.3) is 0 Å². The zero-order valence-electron chi connectivity index (χ0n) is 14.6. The first kappa shape index (κ1) is 17.7. The molecule has 0 amide bonds. The summed E-state index contributed by atoms with van der Waals surface area (Å²) in [5.41, 5.74) is 2.58. The Labute approximate surface area is 151 Å². The second kappa shape index (κ2) is 8.80. The predicted molar refractivity (Wildman–Crippen MR) is 100.0 cm³/mol. The number of hydrogen-bond donors (Lipinski definition) is 2. The Bertz CT molecular complexity index is 861. The average molecular weight is 352 g/mol. The fourth-order valence-electron chi connectivity index (χ4n) is 2.46. The average Bonchev–Trinajstić information content (AvgIpc) is 3.14. The summed E-state index contributed by atoms with van der Waals surface area (Å²) in [4.78, 5) is 4.47. The fraction of sp³-hybridized carbons (Fsp3) is 0.200. The highest BCUT2D eigenvalue weighted by Crippen LogP contribution is 2.19. The van der Waals surface area contributed by atoms with Gasteiger partial charge in [0.2, 0.25) is 0 Å². The molecule has 0 atom stereocenters. The molecule has 0 unspecified atom stereocenters. The molecule has 1 aromatic heterocycles. The molecule has 2 aromatic carbocycles. The van der Waals surface area contributed by atoms with Crippen LogP contribution in [0.4, 0.5) is 4.39 Å². The smallest absolute Gasteiger partial charge is 0.191 e. The maximum Gasteiger partial charge on any atom is 0.191 e. The van der Waals surface area contributed by atoms with Crippen LogP contribution in [0.2, 0.25) is 0 Å². The van der Waals surface area contributed by atoms with Gasteiger partial charge in [-0.3, -0.25) is 0 Å². The van der Waals surface area contributed by atoms with Crippen molar-refractivity contribution in [1.82, 2.24) is 15.8 Å². The van der Waals surface area contributed by atoms with Crippen LogP contribution in [0.3, 0.4) is 0 Å². The minimum absolute atomic E-state index is 0.258. The number of benzene rings is 2. The van der Waals surface area contributed by atoms with Crippen molar-refractivity contribution >= 4 is 5.96 Å². The summed E-state index contributed by atoms with van der Waals surface area (Å²) in [6.07, 6.45) is 0. The maximum absolute atomic E-state index is 13.3. The molecule has 0 aliphatic heterocycles. The highest BCUT2D eigenvalue weighted by molar-refractivity contribution is 5.79. The number of aliphatic imine (C=N–C) groups is 1. The van der Waals surface area contributed by atoms with E-state index in [1.165, 1.54) is 12.1 Å². The molecule has 0 aliphatic rings. The molecule has 0 saturated heterocycles. The lowest BCUT2D eigenvalue weighted by molar-refractivity contribution is 0.422. The Morgan fingerprint density at radius 1 is 1.08 bits per heavy atom. The molecule has 0 spiro atoms. The molecule has 134 valence electrons. The number of aromatic nitrogens is 1. The van der Waals surface area contributed by atoms with E-state index in [0.717, 1.165) is 29.1 Å². The quantitative estimate of drug-likeness (QED) is 0.524. The Hall–Kier alpha value is -3.15. The van der Waals surface area contributed by atoms with E-state index in [2.05, 4.69) is 20.8 Å². The van der Waals surface area contributed by atoms with Gasteiger partial charge in [0, 0.05) is 18.2 Å². The number of rotatable bonds is 6. The summed E-state index contributed by atoms with van der Waals surface area (Å²) < 4.78 is 18.6. The molecule has 6 heteroatoms. The van der Waals surface area contributed by atoms with E-state index in [0.29, 0.717) is 19.0 Å². The molecule has 3 rings (SSSR count). The van der Waals surface area contributed by atoms with Crippen LogP contribution in [-0.2, 0) is 13.1 Å². The highest BCUT2D eigenvalue weighted by Gasteiger charge is 2.07. The van der Waals surface area contributed by atoms with Gasteiger partial charge in [-0.2, -0.15) is 0 Å². The van der Waals surface area contributed by atoms with Crippen LogP contribution >= 0.6 is 0 Å².